The van der Waals surface area contributed by atoms with Gasteiger partial charge in [0.1, 0.15) is 5.75 Å². The van der Waals surface area contributed by atoms with Crippen LogP contribution >= 0.6 is 0 Å². The fourth-order valence-corrected chi connectivity index (χ4v) is 4.64. The maximum Gasteiger partial charge on any atom is 0.313 e. The van der Waals surface area contributed by atoms with Crippen LogP contribution in [0.4, 0.5) is 11.4 Å². The molecule has 2 heterocycles. The number of amides is 2. The number of piperazine rings is 1. The van der Waals surface area contributed by atoms with Crippen LogP contribution in [0.5, 0.6) is 5.75 Å². The number of nitrogens with one attached hydrogen (secondary N) is 2. The number of likely N-dealkylation sites (N-methyl/N-ethyl adjacent to an activating group) is 2. The van der Waals surface area contributed by atoms with E-state index in [1.165, 1.54) is 16.8 Å². The van der Waals surface area contributed by atoms with Gasteiger partial charge in [-0.1, -0.05) is 12.1 Å². The van der Waals surface area contributed by atoms with E-state index in [4.69, 9.17) is 4.74 Å². The van der Waals surface area contributed by atoms with Crippen molar-refractivity contribution in [3.8, 4) is 5.75 Å². The van der Waals surface area contributed by atoms with Gasteiger partial charge in [0, 0.05) is 57.7 Å². The van der Waals surface area contributed by atoms with E-state index in [2.05, 4.69) is 57.6 Å². The maximum absolute atomic E-state index is 12.6. The van der Waals surface area contributed by atoms with Gasteiger partial charge < -0.3 is 25.2 Å². The first-order valence-electron chi connectivity index (χ1n) is 12.0. The van der Waals surface area contributed by atoms with E-state index in [1.54, 1.807) is 24.3 Å². The van der Waals surface area contributed by atoms with Gasteiger partial charge in [-0.15, -0.1) is 0 Å². The lowest BCUT2D eigenvalue weighted by Crippen LogP contribution is -2.49. The molecule has 8 nitrogen and oxygen atoms in total. The third-order valence-corrected chi connectivity index (χ3v) is 6.68. The highest BCUT2D eigenvalue weighted by atomic mass is 16.5. The third-order valence-electron chi connectivity index (χ3n) is 6.68. The molecule has 182 valence electrons. The van der Waals surface area contributed by atoms with E-state index in [0.29, 0.717) is 18.8 Å². The topological polar surface area (TPSA) is 77.1 Å². The van der Waals surface area contributed by atoms with Gasteiger partial charge in [-0.2, -0.15) is 0 Å². The van der Waals surface area contributed by atoms with Crippen LogP contribution in [0.15, 0.2) is 42.5 Å². The van der Waals surface area contributed by atoms with Gasteiger partial charge in [0.2, 0.25) is 0 Å². The van der Waals surface area contributed by atoms with Crippen molar-refractivity contribution < 1.29 is 14.3 Å². The Kier molecular flexibility index (Phi) is 7.70. The average Bonchev–Trinajstić information content (AvgIpc) is 3.21. The van der Waals surface area contributed by atoms with E-state index in [1.807, 2.05) is 6.92 Å². The van der Waals surface area contributed by atoms with E-state index in [-0.39, 0.29) is 6.04 Å². The maximum atomic E-state index is 12.6. The number of fused-ring (bicyclic) bond motifs is 1. The van der Waals surface area contributed by atoms with E-state index < -0.39 is 11.8 Å². The van der Waals surface area contributed by atoms with Gasteiger partial charge >= 0.3 is 11.8 Å². The molecule has 0 aromatic heterocycles. The lowest BCUT2D eigenvalue weighted by molar-refractivity contribution is -0.136. The summed E-state index contributed by atoms with van der Waals surface area (Å²) in [6.07, 6.45) is 1.03. The smallest absolute Gasteiger partial charge is 0.313 e. The molecule has 0 unspecified atom stereocenters. The van der Waals surface area contributed by atoms with E-state index in [9.17, 15) is 9.59 Å². The molecule has 0 radical (unpaired) electrons. The van der Waals surface area contributed by atoms with Crippen LogP contribution < -0.4 is 20.3 Å². The van der Waals surface area contributed by atoms with Crippen LogP contribution in [-0.2, 0) is 16.0 Å². The second-order valence-electron chi connectivity index (χ2n) is 9.04. The molecule has 1 fully saturated rings. The molecule has 2 N–H and O–H groups in total. The van der Waals surface area contributed by atoms with Crippen LogP contribution in [0.2, 0.25) is 0 Å². The molecule has 34 heavy (non-hydrogen) atoms. The summed E-state index contributed by atoms with van der Waals surface area (Å²) in [6, 6.07) is 13.6. The second-order valence-corrected chi connectivity index (χ2v) is 9.04. The first-order valence-corrected chi connectivity index (χ1v) is 12.0. The average molecular weight is 466 g/mol. The molecule has 2 aliphatic rings. The number of hydrogen-bond acceptors (Lipinski definition) is 6. The van der Waals surface area contributed by atoms with Crippen molar-refractivity contribution >= 4 is 23.2 Å². The highest BCUT2D eigenvalue weighted by Crippen LogP contribution is 2.31. The first-order chi connectivity index (χ1) is 16.4. The summed E-state index contributed by atoms with van der Waals surface area (Å²) >= 11 is 0. The van der Waals surface area contributed by atoms with Crippen molar-refractivity contribution in [2.24, 2.45) is 0 Å². The quantitative estimate of drug-likeness (QED) is 0.610. The fourth-order valence-electron chi connectivity index (χ4n) is 4.64. The third kappa shape index (κ3) is 5.69. The SMILES string of the molecule is CCOc1ccc(NC(=O)C(=O)NC[C@@H](c2ccc3c(c2)CCN3C)N2CCN(C)CC2)cc1. The largest absolute Gasteiger partial charge is 0.494 e. The standard InChI is InChI=1S/C26H35N5O3/c1-4-34-22-8-6-21(7-9-22)28-26(33)25(32)27-18-24(31-15-13-29(2)14-16-31)19-5-10-23-20(17-19)11-12-30(23)3/h5-10,17,24H,4,11-16,18H2,1-3H3,(H,27,32)(H,28,33)/t24-/m0/s1. The Morgan fingerprint density at radius 3 is 2.41 bits per heavy atom. The molecule has 0 bridgehead atoms. The summed E-state index contributed by atoms with van der Waals surface area (Å²) in [5, 5.41) is 5.54. The Labute approximate surface area is 201 Å². The molecule has 4 rings (SSSR count). The Morgan fingerprint density at radius 2 is 1.71 bits per heavy atom. The fraction of sp³-hybridized carbons (Fsp3) is 0.462. The molecule has 2 aliphatic heterocycles. The summed E-state index contributed by atoms with van der Waals surface area (Å²) in [7, 11) is 4.25. The molecule has 1 saturated heterocycles. The molecule has 0 saturated carbocycles. The molecule has 1 atom stereocenters. The monoisotopic (exact) mass is 465 g/mol. The summed E-state index contributed by atoms with van der Waals surface area (Å²) in [4.78, 5) is 32.1. The van der Waals surface area contributed by atoms with Crippen LogP contribution in [0, 0.1) is 0 Å². The van der Waals surface area contributed by atoms with Gasteiger partial charge in [0.15, 0.2) is 0 Å². The van der Waals surface area contributed by atoms with Crippen molar-refractivity contribution in [3.63, 3.8) is 0 Å². The number of carbonyl (C=O) groups excluding carboxylic acids is 2. The summed E-state index contributed by atoms with van der Waals surface area (Å²) < 4.78 is 5.42. The van der Waals surface area contributed by atoms with Crippen molar-refractivity contribution in [1.82, 2.24) is 15.1 Å². The number of carbonyl (C=O) groups is 2. The van der Waals surface area contributed by atoms with Crippen LogP contribution in [0.3, 0.4) is 0 Å². The zero-order chi connectivity index (χ0) is 24.1. The van der Waals surface area contributed by atoms with Crippen LogP contribution in [-0.4, -0.2) is 81.6 Å². The molecule has 2 amide bonds. The van der Waals surface area contributed by atoms with E-state index in [0.717, 1.165) is 44.9 Å². The number of hydrogen-bond donors (Lipinski definition) is 2. The van der Waals surface area contributed by atoms with Gasteiger partial charge in [-0.25, -0.2) is 0 Å². The van der Waals surface area contributed by atoms with Crippen LogP contribution in [0.25, 0.3) is 0 Å². The number of benzene rings is 2. The lowest BCUT2D eigenvalue weighted by Gasteiger charge is -2.38. The normalized spacial score (nSPS) is 17.2. The molecule has 0 spiro atoms. The highest BCUT2D eigenvalue weighted by molar-refractivity contribution is 6.39. The number of nitrogens with zero attached hydrogens (tertiary/aromatic N) is 3. The molecule has 0 aliphatic carbocycles. The predicted molar refractivity (Wildman–Crippen MR) is 134 cm³/mol. The minimum atomic E-state index is -0.670. The molecule has 8 heteroatoms. The number of rotatable bonds is 7. The van der Waals surface area contributed by atoms with Gasteiger partial charge in [-0.3, -0.25) is 14.5 Å². The van der Waals surface area contributed by atoms with Crippen LogP contribution in [0.1, 0.15) is 24.1 Å². The Bertz CT molecular complexity index is 1000. The molecule has 2 aromatic rings. The summed E-state index contributed by atoms with van der Waals surface area (Å²) in [5.74, 6) is -0.578. The zero-order valence-electron chi connectivity index (χ0n) is 20.3. The van der Waals surface area contributed by atoms with Crippen molar-refractivity contribution in [2.75, 3.05) is 70.2 Å². The van der Waals surface area contributed by atoms with Crippen molar-refractivity contribution in [1.29, 1.82) is 0 Å². The highest BCUT2D eigenvalue weighted by Gasteiger charge is 2.27. The molecular formula is C26H35N5O3. The number of ether oxygens (including phenoxy) is 1. The summed E-state index contributed by atoms with van der Waals surface area (Å²) in [6.45, 7) is 7.71. The minimum absolute atomic E-state index is 0.0205. The van der Waals surface area contributed by atoms with E-state index >= 15 is 0 Å². The Hall–Kier alpha value is -3.10. The first kappa shape index (κ1) is 24.0. The van der Waals surface area contributed by atoms with Crippen molar-refractivity contribution in [2.45, 2.75) is 19.4 Å². The van der Waals surface area contributed by atoms with Gasteiger partial charge in [0.05, 0.1) is 12.6 Å². The van der Waals surface area contributed by atoms with Gasteiger partial charge in [-0.05, 0) is 61.9 Å². The van der Waals surface area contributed by atoms with Gasteiger partial charge in [0.25, 0.3) is 0 Å². The lowest BCUT2D eigenvalue weighted by atomic mass is 10.00. The number of anilines is 2. The predicted octanol–water partition coefficient (Wildman–Crippen LogP) is 2.12. The molecular weight excluding hydrogens is 430 g/mol. The second kappa shape index (κ2) is 10.9. The zero-order valence-corrected chi connectivity index (χ0v) is 20.3. The Morgan fingerprint density at radius 1 is 0.971 bits per heavy atom. The molecule has 2 aromatic carbocycles. The summed E-state index contributed by atoms with van der Waals surface area (Å²) in [5.41, 5.74) is 4.37. The minimum Gasteiger partial charge on any atom is -0.494 e. The van der Waals surface area contributed by atoms with Crippen molar-refractivity contribution in [3.05, 3.63) is 53.6 Å². The Balaban J connectivity index is 1.41.